The van der Waals surface area contributed by atoms with Gasteiger partial charge in [-0.15, -0.1) is 0 Å². The summed E-state index contributed by atoms with van der Waals surface area (Å²) in [7, 11) is 0. The van der Waals surface area contributed by atoms with Gasteiger partial charge >= 0.3 is 0 Å². The van der Waals surface area contributed by atoms with Crippen LogP contribution in [0.1, 0.15) is 38.7 Å². The molecule has 0 aliphatic carbocycles. The Labute approximate surface area is 94.9 Å². The molecule has 1 nitrogen and oxygen atoms in total. The summed E-state index contributed by atoms with van der Waals surface area (Å²) in [6, 6.07) is 10.3. The van der Waals surface area contributed by atoms with E-state index >= 15 is 0 Å². The molecular weight excluding hydrogens is 182 g/mol. The van der Waals surface area contributed by atoms with Crippen LogP contribution in [0.5, 0.6) is 0 Å². The Hall–Kier alpha value is -0.820. The normalized spacial score (nSPS) is 9.27. The van der Waals surface area contributed by atoms with Gasteiger partial charge in [-0.05, 0) is 26.4 Å². The summed E-state index contributed by atoms with van der Waals surface area (Å²) in [6.45, 7) is 8.77. The van der Waals surface area contributed by atoms with E-state index in [-0.39, 0.29) is 0 Å². The van der Waals surface area contributed by atoms with Crippen LogP contribution < -0.4 is 5.32 Å². The molecule has 0 saturated heterocycles. The molecule has 1 heteroatoms. The first-order valence-corrected chi connectivity index (χ1v) is 6.03. The predicted octanol–water partition coefficient (Wildman–Crippen LogP) is 3.78. The average Bonchev–Trinajstić information content (AvgIpc) is 2.27. The lowest BCUT2D eigenvalue weighted by atomic mass is 10.2. The summed E-state index contributed by atoms with van der Waals surface area (Å²) < 4.78 is 0. The van der Waals surface area contributed by atoms with Gasteiger partial charge in [0.25, 0.3) is 0 Å². The van der Waals surface area contributed by atoms with Crippen molar-refractivity contribution in [2.75, 3.05) is 13.1 Å². The quantitative estimate of drug-likeness (QED) is 0.725. The van der Waals surface area contributed by atoms with Crippen molar-refractivity contribution in [1.29, 1.82) is 0 Å². The minimum atomic E-state index is 1.11. The number of rotatable bonds is 5. The van der Waals surface area contributed by atoms with Gasteiger partial charge in [0.2, 0.25) is 0 Å². The number of hydrogen-bond donors (Lipinski definition) is 1. The fraction of sp³-hybridized carbons (Fsp3) is 0.571. The molecule has 86 valence electrons. The minimum absolute atomic E-state index is 1.11. The van der Waals surface area contributed by atoms with Crippen LogP contribution in [0.2, 0.25) is 0 Å². The van der Waals surface area contributed by atoms with Gasteiger partial charge in [-0.3, -0.25) is 0 Å². The zero-order valence-electron chi connectivity index (χ0n) is 10.4. The molecule has 0 spiro atoms. The average molecular weight is 207 g/mol. The van der Waals surface area contributed by atoms with E-state index in [1.54, 1.807) is 0 Å². The molecule has 0 unspecified atom stereocenters. The molecule has 1 aromatic rings. The monoisotopic (exact) mass is 207 g/mol. The third-order valence-electron chi connectivity index (χ3n) is 2.15. The van der Waals surface area contributed by atoms with Gasteiger partial charge in [-0.1, -0.05) is 62.6 Å². The second-order valence-corrected chi connectivity index (χ2v) is 3.72. The predicted molar refractivity (Wildman–Crippen MR) is 69.2 cm³/mol. The van der Waals surface area contributed by atoms with Crippen molar-refractivity contribution < 1.29 is 0 Å². The maximum Gasteiger partial charge on any atom is -0.00490 e. The van der Waals surface area contributed by atoms with Crippen molar-refractivity contribution in [1.82, 2.24) is 5.32 Å². The van der Waals surface area contributed by atoms with E-state index in [1.165, 1.54) is 31.4 Å². The van der Waals surface area contributed by atoms with Crippen LogP contribution in [0.4, 0.5) is 0 Å². The van der Waals surface area contributed by atoms with Crippen molar-refractivity contribution >= 4 is 0 Å². The van der Waals surface area contributed by atoms with Gasteiger partial charge in [0.05, 0.1) is 0 Å². The molecular formula is C14H25N. The molecule has 0 amide bonds. The first-order valence-electron chi connectivity index (χ1n) is 6.03. The van der Waals surface area contributed by atoms with Gasteiger partial charge in [-0.25, -0.2) is 0 Å². The van der Waals surface area contributed by atoms with Gasteiger partial charge in [0.15, 0.2) is 0 Å². The smallest absolute Gasteiger partial charge is 0.00490 e. The van der Waals surface area contributed by atoms with Gasteiger partial charge in [0, 0.05) is 0 Å². The molecule has 1 rings (SSSR count). The summed E-state index contributed by atoms with van der Waals surface area (Å²) in [4.78, 5) is 0. The van der Waals surface area contributed by atoms with E-state index in [0.29, 0.717) is 0 Å². The Kier molecular flexibility index (Phi) is 10.6. The second kappa shape index (κ2) is 11.3. The molecule has 0 saturated carbocycles. The molecule has 0 bridgehead atoms. The number of aryl methyl sites for hydroxylation is 1. The van der Waals surface area contributed by atoms with Crippen LogP contribution in [-0.2, 0) is 0 Å². The molecule has 15 heavy (non-hydrogen) atoms. The van der Waals surface area contributed by atoms with E-state index in [1.807, 2.05) is 18.2 Å². The van der Waals surface area contributed by atoms with Crippen molar-refractivity contribution in [3.05, 3.63) is 35.9 Å². The topological polar surface area (TPSA) is 12.0 Å². The first-order chi connectivity index (χ1) is 7.31. The molecule has 0 atom stereocenters. The van der Waals surface area contributed by atoms with Crippen LogP contribution >= 0.6 is 0 Å². The second-order valence-electron chi connectivity index (χ2n) is 3.72. The van der Waals surface area contributed by atoms with Crippen molar-refractivity contribution in [3.8, 4) is 0 Å². The lowest BCUT2D eigenvalue weighted by Crippen LogP contribution is -2.13. The first kappa shape index (κ1) is 14.2. The molecule has 1 N–H and O–H groups in total. The summed E-state index contributed by atoms with van der Waals surface area (Å²) in [6.07, 6.45) is 4.03. The zero-order valence-corrected chi connectivity index (χ0v) is 10.4. The fourth-order valence-corrected chi connectivity index (χ4v) is 1.21. The highest BCUT2D eigenvalue weighted by molar-refractivity contribution is 5.11. The van der Waals surface area contributed by atoms with Gasteiger partial charge < -0.3 is 5.32 Å². The molecule has 0 fully saturated rings. The number of unbranched alkanes of at least 4 members (excludes halogenated alkanes) is 2. The zero-order chi connectivity index (χ0) is 11.4. The van der Waals surface area contributed by atoms with Crippen LogP contribution in [0.15, 0.2) is 30.3 Å². The third-order valence-corrected chi connectivity index (χ3v) is 2.15. The fourth-order valence-electron chi connectivity index (χ4n) is 1.21. The number of nitrogens with one attached hydrogen (secondary N) is 1. The lowest BCUT2D eigenvalue weighted by Gasteiger charge is -1.97. The minimum Gasteiger partial charge on any atom is -0.317 e. The van der Waals surface area contributed by atoms with Gasteiger partial charge in [-0.2, -0.15) is 0 Å². The standard InChI is InChI=1S/C7H17N.C7H8/c1-3-5-6-7-8-4-2;1-7-5-3-2-4-6-7/h8H,3-7H2,1-2H3;2-6H,1H3. The maximum absolute atomic E-state index is 3.28. The van der Waals surface area contributed by atoms with E-state index in [9.17, 15) is 0 Å². The van der Waals surface area contributed by atoms with Crippen LogP contribution in [0, 0.1) is 6.92 Å². The Morgan fingerprint density at radius 3 is 2.07 bits per heavy atom. The van der Waals surface area contributed by atoms with Crippen molar-refractivity contribution in [3.63, 3.8) is 0 Å². The Morgan fingerprint density at radius 1 is 1.00 bits per heavy atom. The lowest BCUT2D eigenvalue weighted by molar-refractivity contribution is 0.633. The van der Waals surface area contributed by atoms with Crippen LogP contribution in [-0.4, -0.2) is 13.1 Å². The highest BCUT2D eigenvalue weighted by atomic mass is 14.8. The number of benzene rings is 1. The molecule has 0 aromatic heterocycles. The Morgan fingerprint density at radius 2 is 1.67 bits per heavy atom. The highest BCUT2D eigenvalue weighted by Gasteiger charge is 1.81. The highest BCUT2D eigenvalue weighted by Crippen LogP contribution is 1.92. The largest absolute Gasteiger partial charge is 0.317 e. The third kappa shape index (κ3) is 11.1. The van der Waals surface area contributed by atoms with Crippen molar-refractivity contribution in [2.45, 2.75) is 40.0 Å². The van der Waals surface area contributed by atoms with Crippen LogP contribution in [0.25, 0.3) is 0 Å². The molecule has 0 heterocycles. The summed E-state index contributed by atoms with van der Waals surface area (Å²) >= 11 is 0. The SMILES string of the molecule is CCCCCNCC.Cc1ccccc1. The van der Waals surface area contributed by atoms with E-state index < -0.39 is 0 Å². The molecule has 0 aliphatic rings. The van der Waals surface area contributed by atoms with Crippen molar-refractivity contribution in [2.24, 2.45) is 0 Å². The maximum atomic E-state index is 3.28. The summed E-state index contributed by atoms with van der Waals surface area (Å²) in [5.41, 5.74) is 1.32. The van der Waals surface area contributed by atoms with E-state index in [4.69, 9.17) is 0 Å². The van der Waals surface area contributed by atoms with Crippen LogP contribution in [0.3, 0.4) is 0 Å². The molecule has 0 aliphatic heterocycles. The number of hydrogen-bond acceptors (Lipinski definition) is 1. The summed E-state index contributed by atoms with van der Waals surface area (Å²) in [5, 5.41) is 3.28. The molecule has 0 radical (unpaired) electrons. The van der Waals surface area contributed by atoms with E-state index in [0.717, 1.165) is 6.54 Å². The van der Waals surface area contributed by atoms with E-state index in [2.05, 4.69) is 38.2 Å². The Balaban J connectivity index is 0.000000262. The van der Waals surface area contributed by atoms with Gasteiger partial charge in [0.1, 0.15) is 0 Å². The molecule has 1 aromatic carbocycles. The summed E-state index contributed by atoms with van der Waals surface area (Å²) in [5.74, 6) is 0. The Bertz CT molecular complexity index is 200.